The van der Waals surface area contributed by atoms with Crippen molar-refractivity contribution in [3.05, 3.63) is 94.8 Å². The molecule has 0 fully saturated rings. The molecular formula is C28H28FN3O3. The maximum atomic E-state index is 13.8. The lowest BCUT2D eigenvalue weighted by Gasteiger charge is -2.11. The van der Waals surface area contributed by atoms with Crippen LogP contribution in [0.1, 0.15) is 28.7 Å². The summed E-state index contributed by atoms with van der Waals surface area (Å²) >= 11 is 0. The first-order chi connectivity index (χ1) is 16.8. The van der Waals surface area contributed by atoms with E-state index in [1.54, 1.807) is 6.07 Å². The second kappa shape index (κ2) is 10.5. The Morgan fingerprint density at radius 2 is 1.83 bits per heavy atom. The summed E-state index contributed by atoms with van der Waals surface area (Å²) in [7, 11) is 5.40. The van der Waals surface area contributed by atoms with Gasteiger partial charge < -0.3 is 19.7 Å². The number of methoxy groups -OCH3 is 1. The van der Waals surface area contributed by atoms with Crippen molar-refractivity contribution in [1.29, 1.82) is 0 Å². The van der Waals surface area contributed by atoms with Gasteiger partial charge in [-0.1, -0.05) is 30.3 Å². The predicted molar refractivity (Wildman–Crippen MR) is 136 cm³/mol. The van der Waals surface area contributed by atoms with E-state index in [1.165, 1.54) is 19.2 Å². The number of aromatic amines is 1. The summed E-state index contributed by atoms with van der Waals surface area (Å²) in [5, 5.41) is 11.5. The van der Waals surface area contributed by atoms with Gasteiger partial charge in [-0.2, -0.15) is 0 Å². The first-order valence-electron chi connectivity index (χ1n) is 11.3. The number of benzene rings is 3. The van der Waals surface area contributed by atoms with Crippen molar-refractivity contribution in [3.63, 3.8) is 0 Å². The SMILES string of the molecule is COC(=O)CCc1cccc(C(=Nc2ccc(CN(C)C)cc2)c2c(O)[nH]c3cc(F)ccc23)c1. The summed E-state index contributed by atoms with van der Waals surface area (Å²) in [5.74, 6) is -0.767. The predicted octanol–water partition coefficient (Wildman–Crippen LogP) is 5.35. The highest BCUT2D eigenvalue weighted by molar-refractivity contribution is 6.21. The summed E-state index contributed by atoms with van der Waals surface area (Å²) in [4.78, 5) is 21.5. The molecular weight excluding hydrogens is 445 g/mol. The zero-order valence-electron chi connectivity index (χ0n) is 20.0. The number of aliphatic imine (C=N–C) groups is 1. The Labute approximate surface area is 203 Å². The maximum Gasteiger partial charge on any atom is 0.305 e. The molecule has 0 bridgehead atoms. The van der Waals surface area contributed by atoms with Crippen molar-refractivity contribution in [2.45, 2.75) is 19.4 Å². The van der Waals surface area contributed by atoms with E-state index in [4.69, 9.17) is 9.73 Å². The fraction of sp³-hybridized carbons (Fsp3) is 0.214. The van der Waals surface area contributed by atoms with Crippen molar-refractivity contribution in [1.82, 2.24) is 9.88 Å². The highest BCUT2D eigenvalue weighted by Crippen LogP contribution is 2.32. The first kappa shape index (κ1) is 24.2. The molecule has 2 N–H and O–H groups in total. The third kappa shape index (κ3) is 5.75. The smallest absolute Gasteiger partial charge is 0.305 e. The molecule has 0 amide bonds. The average molecular weight is 474 g/mol. The number of aryl methyl sites for hydroxylation is 1. The Balaban J connectivity index is 1.82. The number of esters is 1. The van der Waals surface area contributed by atoms with Crippen molar-refractivity contribution in [2.24, 2.45) is 4.99 Å². The van der Waals surface area contributed by atoms with Crippen LogP contribution in [-0.2, 0) is 22.5 Å². The number of ether oxygens (including phenoxy) is 1. The molecule has 6 nitrogen and oxygen atoms in total. The number of hydrogen-bond acceptors (Lipinski definition) is 5. The second-order valence-corrected chi connectivity index (χ2v) is 8.68. The van der Waals surface area contributed by atoms with Crippen LogP contribution in [-0.4, -0.2) is 47.9 Å². The van der Waals surface area contributed by atoms with Crippen LogP contribution in [0.15, 0.2) is 71.7 Å². The van der Waals surface area contributed by atoms with Gasteiger partial charge in [0.2, 0.25) is 0 Å². The van der Waals surface area contributed by atoms with Crippen molar-refractivity contribution in [2.75, 3.05) is 21.2 Å². The number of aromatic hydroxyl groups is 1. The highest BCUT2D eigenvalue weighted by Gasteiger charge is 2.19. The normalized spacial score (nSPS) is 11.9. The van der Waals surface area contributed by atoms with Crippen LogP contribution in [0.3, 0.4) is 0 Å². The number of rotatable bonds is 8. The van der Waals surface area contributed by atoms with Gasteiger partial charge in [-0.05, 0) is 68.0 Å². The van der Waals surface area contributed by atoms with Gasteiger partial charge >= 0.3 is 5.97 Å². The fourth-order valence-corrected chi connectivity index (χ4v) is 4.05. The Hall–Kier alpha value is -3.97. The summed E-state index contributed by atoms with van der Waals surface area (Å²) in [6, 6.07) is 19.9. The van der Waals surface area contributed by atoms with Gasteiger partial charge in [0.05, 0.1) is 29.6 Å². The summed E-state index contributed by atoms with van der Waals surface area (Å²) in [6.07, 6.45) is 0.773. The molecule has 0 aliphatic carbocycles. The number of halogens is 1. The summed E-state index contributed by atoms with van der Waals surface area (Å²) < 4.78 is 18.6. The van der Waals surface area contributed by atoms with E-state index >= 15 is 0 Å². The topological polar surface area (TPSA) is 77.9 Å². The van der Waals surface area contributed by atoms with Crippen LogP contribution in [0.25, 0.3) is 10.9 Å². The lowest BCUT2D eigenvalue weighted by atomic mass is 9.97. The number of nitrogens with zero attached hydrogens (tertiary/aromatic N) is 2. The molecule has 1 heterocycles. The molecule has 0 spiro atoms. The largest absolute Gasteiger partial charge is 0.494 e. The van der Waals surface area contributed by atoms with Crippen molar-refractivity contribution >= 4 is 28.3 Å². The zero-order valence-corrected chi connectivity index (χ0v) is 20.0. The number of carbonyl (C=O) groups is 1. The second-order valence-electron chi connectivity index (χ2n) is 8.68. The molecule has 0 aliphatic heterocycles. The van der Waals surface area contributed by atoms with E-state index in [-0.39, 0.29) is 18.3 Å². The fourth-order valence-electron chi connectivity index (χ4n) is 4.05. The maximum absolute atomic E-state index is 13.8. The van der Waals surface area contributed by atoms with Gasteiger partial charge in [-0.3, -0.25) is 4.79 Å². The van der Waals surface area contributed by atoms with Gasteiger partial charge in [0.15, 0.2) is 5.88 Å². The number of aromatic nitrogens is 1. The molecule has 1 aromatic heterocycles. The first-order valence-corrected chi connectivity index (χ1v) is 11.3. The molecule has 0 atom stereocenters. The van der Waals surface area contributed by atoms with Gasteiger partial charge in [-0.25, -0.2) is 9.38 Å². The highest BCUT2D eigenvalue weighted by atomic mass is 19.1. The van der Waals surface area contributed by atoms with E-state index in [1.807, 2.05) is 62.6 Å². The standard InChI is InChI=1S/C28H28FN3O3/c1-32(2)17-19-7-11-22(12-8-19)30-27(20-6-4-5-18(15-20)9-14-25(33)35-3)26-23-13-10-21(29)16-24(23)31-28(26)34/h4-8,10-13,15-16,31,34H,9,14,17H2,1-3H3. The zero-order chi connectivity index (χ0) is 24.9. The molecule has 4 rings (SSSR count). The number of nitrogens with one attached hydrogen (secondary N) is 1. The molecule has 7 heteroatoms. The van der Waals surface area contributed by atoms with E-state index in [0.29, 0.717) is 28.6 Å². The number of carbonyl (C=O) groups excluding carboxylic acids is 1. The van der Waals surface area contributed by atoms with E-state index in [9.17, 15) is 14.3 Å². The minimum absolute atomic E-state index is 0.0893. The van der Waals surface area contributed by atoms with Crippen LogP contribution in [0.2, 0.25) is 0 Å². The third-order valence-electron chi connectivity index (χ3n) is 5.70. The van der Waals surface area contributed by atoms with Crippen LogP contribution < -0.4 is 0 Å². The molecule has 0 saturated carbocycles. The Kier molecular flexibility index (Phi) is 7.27. The number of hydrogen-bond donors (Lipinski definition) is 2. The van der Waals surface area contributed by atoms with Gasteiger partial charge in [0.25, 0.3) is 0 Å². The minimum atomic E-state index is -0.398. The molecule has 0 radical (unpaired) electrons. The minimum Gasteiger partial charge on any atom is -0.494 e. The lowest BCUT2D eigenvalue weighted by molar-refractivity contribution is -0.140. The van der Waals surface area contributed by atoms with Crippen LogP contribution in [0.4, 0.5) is 10.1 Å². The van der Waals surface area contributed by atoms with Crippen LogP contribution >= 0.6 is 0 Å². The Bertz CT molecular complexity index is 1370. The van der Waals surface area contributed by atoms with E-state index in [0.717, 1.165) is 28.9 Å². The number of H-pyrrole nitrogens is 1. The molecule has 4 aromatic rings. The third-order valence-corrected chi connectivity index (χ3v) is 5.70. The lowest BCUT2D eigenvalue weighted by Crippen LogP contribution is -2.10. The Morgan fingerprint density at radius 3 is 2.54 bits per heavy atom. The van der Waals surface area contributed by atoms with Crippen molar-refractivity contribution < 1.29 is 19.0 Å². The molecule has 0 aliphatic rings. The van der Waals surface area contributed by atoms with Crippen molar-refractivity contribution in [3.8, 4) is 5.88 Å². The van der Waals surface area contributed by atoms with E-state index in [2.05, 4.69) is 9.88 Å². The van der Waals surface area contributed by atoms with Gasteiger partial charge in [0.1, 0.15) is 5.82 Å². The number of fused-ring (bicyclic) bond motifs is 1. The quantitative estimate of drug-likeness (QED) is 0.267. The summed E-state index contributed by atoms with van der Waals surface area (Å²) in [6.45, 7) is 0.813. The molecule has 180 valence electrons. The van der Waals surface area contributed by atoms with Gasteiger partial charge in [-0.15, -0.1) is 0 Å². The average Bonchev–Trinajstić information content (AvgIpc) is 3.16. The van der Waals surface area contributed by atoms with Gasteiger partial charge in [0, 0.05) is 23.9 Å². The molecule has 0 unspecified atom stereocenters. The molecule has 35 heavy (non-hydrogen) atoms. The monoisotopic (exact) mass is 473 g/mol. The molecule has 3 aromatic carbocycles. The van der Waals surface area contributed by atoms with Crippen LogP contribution in [0, 0.1) is 5.82 Å². The molecule has 0 saturated heterocycles. The summed E-state index contributed by atoms with van der Waals surface area (Å²) in [5.41, 5.74) is 5.10. The van der Waals surface area contributed by atoms with Crippen LogP contribution in [0.5, 0.6) is 5.88 Å². The Morgan fingerprint density at radius 1 is 1.06 bits per heavy atom. The van der Waals surface area contributed by atoms with E-state index < -0.39 is 5.82 Å².